The summed E-state index contributed by atoms with van der Waals surface area (Å²) in [6.07, 6.45) is 0. The van der Waals surface area contributed by atoms with E-state index >= 15 is 0 Å². The molecule has 0 saturated heterocycles. The summed E-state index contributed by atoms with van der Waals surface area (Å²) in [4.78, 5) is 0. The van der Waals surface area contributed by atoms with Gasteiger partial charge in [-0.25, -0.2) is 0 Å². The van der Waals surface area contributed by atoms with E-state index in [0.717, 1.165) is 0 Å². The monoisotopic (exact) mass is 413 g/mol. The third kappa shape index (κ3) is 5.83. The molecule has 3 aromatic carbocycles. The summed E-state index contributed by atoms with van der Waals surface area (Å²) in [7, 11) is 0. The summed E-state index contributed by atoms with van der Waals surface area (Å²) in [5.74, 6) is 0. The van der Waals surface area contributed by atoms with E-state index in [1.165, 1.54) is 30.0 Å². The second kappa shape index (κ2) is 9.51. The first-order valence-corrected chi connectivity index (χ1v) is 15.0. The van der Waals surface area contributed by atoms with Crippen LogP contribution in [0, 0.1) is 0 Å². The molecule has 1 radical (unpaired) electrons. The maximum atomic E-state index is 2.29. The van der Waals surface area contributed by atoms with Gasteiger partial charge in [0.2, 0.25) is 0 Å². The molecule has 117 valence electrons. The van der Waals surface area contributed by atoms with Crippen LogP contribution in [-0.2, 0) is 13.3 Å². The van der Waals surface area contributed by atoms with Gasteiger partial charge in [-0.15, -0.1) is 0 Å². The standard InChI is InChI=1S/3C7H7.F.Sn.H/c3*1-7-5-3-2-4-6-7;;;/h3*2-6H,1H2;;;. The van der Waals surface area contributed by atoms with Crippen LogP contribution in [0.4, 0.5) is 4.70 Å². The van der Waals surface area contributed by atoms with Crippen LogP contribution in [0.15, 0.2) is 91.0 Å². The van der Waals surface area contributed by atoms with Crippen molar-refractivity contribution in [1.29, 1.82) is 0 Å². The molecule has 0 saturated carbocycles. The van der Waals surface area contributed by atoms with Gasteiger partial charge in [0.05, 0.1) is 0 Å². The fourth-order valence-electron chi connectivity index (χ4n) is 3.06. The van der Waals surface area contributed by atoms with Crippen molar-refractivity contribution in [1.82, 2.24) is 0 Å². The number of hydrogen-bond donors (Lipinski definition) is 0. The molecule has 0 atom stereocenters. The van der Waals surface area contributed by atoms with Crippen LogP contribution >= 0.6 is 0 Å². The average Bonchev–Trinajstić information content (AvgIpc) is 2.57. The van der Waals surface area contributed by atoms with Gasteiger partial charge < -0.3 is 0 Å². The predicted molar refractivity (Wildman–Crippen MR) is 98.7 cm³/mol. The minimum absolute atomic E-state index is 0. The van der Waals surface area contributed by atoms with Gasteiger partial charge in [0.1, 0.15) is 0 Å². The van der Waals surface area contributed by atoms with E-state index in [1.807, 2.05) is 0 Å². The second-order valence-electron chi connectivity index (χ2n) is 5.94. The Morgan fingerprint density at radius 2 is 0.696 bits per heavy atom. The van der Waals surface area contributed by atoms with Crippen LogP contribution in [0.3, 0.4) is 0 Å². The summed E-state index contributed by atoms with van der Waals surface area (Å²) in [6, 6.07) is 33.1. The van der Waals surface area contributed by atoms with E-state index in [4.69, 9.17) is 0 Å². The Kier molecular flexibility index (Phi) is 7.33. The molecule has 0 unspecified atom stereocenters. The quantitative estimate of drug-likeness (QED) is 0.502. The molecule has 0 fully saturated rings. The summed E-state index contributed by atoms with van der Waals surface area (Å²) in [5.41, 5.74) is 4.57. The Labute approximate surface area is 145 Å². The molecule has 2 heteroatoms. The molecule has 0 spiro atoms. The minimum atomic E-state index is -1.70. The Bertz CT molecular complexity index is 569. The zero-order valence-electron chi connectivity index (χ0n) is 13.2. The fourth-order valence-corrected chi connectivity index (χ4v) is 12.3. The molecule has 3 rings (SSSR count). The fraction of sp³-hybridized carbons (Fsp3) is 0.143. The Hall–Kier alpha value is -1.61. The molecule has 0 aliphatic rings. The van der Waals surface area contributed by atoms with Crippen molar-refractivity contribution in [3.63, 3.8) is 0 Å². The molecule has 0 nitrogen and oxygen atoms in total. The molecule has 0 bridgehead atoms. The molecule has 0 aromatic heterocycles. The van der Waals surface area contributed by atoms with Crippen LogP contribution in [0.2, 0.25) is 0 Å². The van der Waals surface area contributed by atoms with Gasteiger partial charge in [0.15, 0.2) is 0 Å². The van der Waals surface area contributed by atoms with Gasteiger partial charge >= 0.3 is 141 Å². The Morgan fingerprint density at radius 3 is 0.957 bits per heavy atom. The van der Waals surface area contributed by atoms with Gasteiger partial charge in [-0.3, -0.25) is 0 Å². The Morgan fingerprint density at radius 1 is 0.435 bits per heavy atom. The topological polar surface area (TPSA) is 0 Å². The first kappa shape index (κ1) is 17.7. The molecule has 3 aromatic rings. The zero-order chi connectivity index (χ0) is 15.0. The van der Waals surface area contributed by atoms with Gasteiger partial charge in [0.25, 0.3) is 0 Å². The van der Waals surface area contributed by atoms with Crippen molar-refractivity contribution in [2.24, 2.45) is 0 Å². The van der Waals surface area contributed by atoms with E-state index in [-0.39, 0.29) is 4.70 Å². The first-order chi connectivity index (χ1) is 10.9. The van der Waals surface area contributed by atoms with E-state index in [2.05, 4.69) is 91.0 Å². The van der Waals surface area contributed by atoms with E-state index in [0.29, 0.717) is 0 Å². The summed E-state index contributed by atoms with van der Waals surface area (Å²) >= 11 is -1.70. The molecule has 0 N–H and O–H groups in total. The molecular formula is C21H22FSn. The van der Waals surface area contributed by atoms with Crippen molar-refractivity contribution in [2.75, 3.05) is 0 Å². The molecule has 0 heterocycles. The summed E-state index contributed by atoms with van der Waals surface area (Å²) in [6.45, 7) is 0. The number of rotatable bonds is 6. The molecule has 0 aliphatic carbocycles. The number of halogens is 1. The first-order valence-electron chi connectivity index (χ1n) is 8.02. The zero-order valence-corrected chi connectivity index (χ0v) is 16.5. The van der Waals surface area contributed by atoms with Gasteiger partial charge in [-0.1, -0.05) is 0 Å². The molecular weight excluding hydrogens is 390 g/mol. The van der Waals surface area contributed by atoms with Crippen molar-refractivity contribution < 1.29 is 4.70 Å². The van der Waals surface area contributed by atoms with Gasteiger partial charge in [-0.05, 0) is 0 Å². The van der Waals surface area contributed by atoms with Crippen LogP contribution in [0.5, 0.6) is 0 Å². The van der Waals surface area contributed by atoms with Gasteiger partial charge in [0, 0.05) is 4.70 Å². The third-order valence-corrected chi connectivity index (χ3v) is 13.1. The predicted octanol–water partition coefficient (Wildman–Crippen LogP) is 4.98. The number of benzene rings is 3. The summed E-state index contributed by atoms with van der Waals surface area (Å²) < 4.78 is 4.02. The molecule has 23 heavy (non-hydrogen) atoms. The van der Waals surface area contributed by atoms with Crippen LogP contribution < -0.4 is 0 Å². The third-order valence-electron chi connectivity index (χ3n) is 4.10. The van der Waals surface area contributed by atoms with Crippen LogP contribution in [0.25, 0.3) is 0 Å². The number of hydrogen-bond acceptors (Lipinski definition) is 0. The van der Waals surface area contributed by atoms with E-state index in [1.54, 1.807) is 0 Å². The average molecular weight is 412 g/mol. The van der Waals surface area contributed by atoms with Crippen LogP contribution in [0.1, 0.15) is 16.7 Å². The van der Waals surface area contributed by atoms with Crippen molar-refractivity contribution in [2.45, 2.75) is 13.3 Å². The second-order valence-corrected chi connectivity index (χ2v) is 14.4. The normalized spacial score (nSPS) is 10.3. The summed E-state index contributed by atoms with van der Waals surface area (Å²) in [5, 5.41) is 0. The molecule has 0 aliphatic heterocycles. The van der Waals surface area contributed by atoms with E-state index in [9.17, 15) is 0 Å². The molecule has 0 amide bonds. The van der Waals surface area contributed by atoms with Crippen molar-refractivity contribution in [3.8, 4) is 0 Å². The van der Waals surface area contributed by atoms with Crippen molar-refractivity contribution >= 4 is 19.8 Å². The van der Waals surface area contributed by atoms with E-state index < -0.39 is 19.8 Å². The SMILES string of the molecule is [F].c1ccc([CH2][SnH]([CH2]c2ccccc2)[CH2]c2ccccc2)cc1. The maximum absolute atomic E-state index is 2.29. The Balaban J connectivity index is 0.00000192. The van der Waals surface area contributed by atoms with Crippen molar-refractivity contribution in [3.05, 3.63) is 108 Å². The van der Waals surface area contributed by atoms with Crippen LogP contribution in [-0.4, -0.2) is 19.8 Å². The van der Waals surface area contributed by atoms with Gasteiger partial charge in [-0.2, -0.15) is 0 Å².